The summed E-state index contributed by atoms with van der Waals surface area (Å²) in [4.78, 5) is 11.2. The number of rotatable bonds is 6. The van der Waals surface area contributed by atoms with Crippen LogP contribution in [0.25, 0.3) is 0 Å². The number of anilines is 1. The summed E-state index contributed by atoms with van der Waals surface area (Å²) in [6, 6.07) is 9.24. The molecule has 1 aromatic heterocycles. The molecule has 0 saturated carbocycles. The number of hydrogen-bond donors (Lipinski definition) is 2. The number of alkyl halides is 2. The van der Waals surface area contributed by atoms with E-state index in [1.165, 1.54) is 6.07 Å². The number of furan rings is 1. The highest BCUT2D eigenvalue weighted by molar-refractivity contribution is 7.99. The molecule has 4 nitrogen and oxygen atoms in total. The summed E-state index contributed by atoms with van der Waals surface area (Å²) in [5.41, 5.74) is 0.545. The van der Waals surface area contributed by atoms with Gasteiger partial charge in [0.1, 0.15) is 5.76 Å². The van der Waals surface area contributed by atoms with Crippen LogP contribution in [0, 0.1) is 0 Å². The molecule has 0 aliphatic carbocycles. The zero-order valence-electron chi connectivity index (χ0n) is 11.0. The van der Waals surface area contributed by atoms with E-state index in [2.05, 4.69) is 5.32 Å². The van der Waals surface area contributed by atoms with Crippen LogP contribution >= 0.6 is 11.8 Å². The predicted octanol–water partition coefficient (Wildman–Crippen LogP) is 4.47. The van der Waals surface area contributed by atoms with Gasteiger partial charge in [-0.05, 0) is 31.2 Å². The summed E-state index contributed by atoms with van der Waals surface area (Å²) < 4.78 is 30.2. The highest BCUT2D eigenvalue weighted by Gasteiger charge is 2.16. The Balaban J connectivity index is 2.15. The average molecular weight is 313 g/mol. The monoisotopic (exact) mass is 313 g/mol. The first kappa shape index (κ1) is 15.4. The number of nitrogens with one attached hydrogen (secondary N) is 1. The van der Waals surface area contributed by atoms with Crippen molar-refractivity contribution < 1.29 is 23.1 Å². The number of carbonyl (C=O) groups is 1. The maximum Gasteiger partial charge on any atom is 0.371 e. The van der Waals surface area contributed by atoms with Crippen molar-refractivity contribution >= 4 is 23.4 Å². The molecule has 2 rings (SSSR count). The Bertz CT molecular complexity index is 630. The van der Waals surface area contributed by atoms with E-state index in [1.807, 2.05) is 0 Å². The third kappa shape index (κ3) is 3.98. The van der Waals surface area contributed by atoms with Crippen LogP contribution in [0.1, 0.15) is 29.3 Å². The zero-order chi connectivity index (χ0) is 15.4. The lowest BCUT2D eigenvalue weighted by Gasteiger charge is -2.16. The van der Waals surface area contributed by atoms with Crippen molar-refractivity contribution in [3.8, 4) is 0 Å². The standard InChI is InChI=1S/C14H13F2NO3S/c1-8(10-6-7-11(20-10)13(18)19)17-9-4-2-3-5-12(9)21-14(15)16/h2-8,14,17H,1H3,(H,18,19). The van der Waals surface area contributed by atoms with E-state index < -0.39 is 11.7 Å². The molecular formula is C14H13F2NO3S. The normalized spacial score (nSPS) is 12.4. The molecule has 0 fully saturated rings. The summed E-state index contributed by atoms with van der Waals surface area (Å²) in [6.45, 7) is 1.76. The van der Waals surface area contributed by atoms with Crippen molar-refractivity contribution in [3.05, 3.63) is 47.9 Å². The van der Waals surface area contributed by atoms with Gasteiger partial charge >= 0.3 is 5.97 Å². The minimum absolute atomic E-state index is 0.158. The maximum atomic E-state index is 12.5. The van der Waals surface area contributed by atoms with Crippen molar-refractivity contribution in [1.82, 2.24) is 0 Å². The van der Waals surface area contributed by atoms with Crippen molar-refractivity contribution in [3.63, 3.8) is 0 Å². The molecule has 112 valence electrons. The summed E-state index contributed by atoms with van der Waals surface area (Å²) in [5, 5.41) is 11.9. The molecule has 1 unspecified atom stereocenters. The summed E-state index contributed by atoms with van der Waals surface area (Å²) in [7, 11) is 0. The van der Waals surface area contributed by atoms with E-state index >= 15 is 0 Å². The van der Waals surface area contributed by atoms with Crippen LogP contribution in [0.15, 0.2) is 45.7 Å². The molecule has 0 saturated heterocycles. The Kier molecular flexibility index (Phi) is 4.85. The fraction of sp³-hybridized carbons (Fsp3) is 0.214. The number of aromatic carboxylic acids is 1. The number of carboxylic acid groups (broad SMARTS) is 1. The first-order valence-electron chi connectivity index (χ1n) is 6.10. The third-order valence-electron chi connectivity index (χ3n) is 2.74. The van der Waals surface area contributed by atoms with Gasteiger partial charge < -0.3 is 14.8 Å². The Hall–Kier alpha value is -2.02. The number of para-hydroxylation sites is 1. The minimum Gasteiger partial charge on any atom is -0.475 e. The van der Waals surface area contributed by atoms with E-state index in [1.54, 1.807) is 37.3 Å². The molecule has 2 aromatic rings. The van der Waals surface area contributed by atoms with Gasteiger partial charge in [-0.3, -0.25) is 0 Å². The topological polar surface area (TPSA) is 62.5 Å². The van der Waals surface area contributed by atoms with E-state index in [4.69, 9.17) is 9.52 Å². The molecule has 7 heteroatoms. The Morgan fingerprint density at radius 2 is 2.00 bits per heavy atom. The molecular weight excluding hydrogens is 300 g/mol. The number of benzene rings is 1. The smallest absolute Gasteiger partial charge is 0.371 e. The van der Waals surface area contributed by atoms with Gasteiger partial charge in [-0.15, -0.1) is 0 Å². The highest BCUT2D eigenvalue weighted by Crippen LogP contribution is 2.33. The van der Waals surface area contributed by atoms with Crippen LogP contribution in [-0.4, -0.2) is 16.8 Å². The van der Waals surface area contributed by atoms with E-state index in [-0.39, 0.29) is 11.8 Å². The molecule has 0 amide bonds. The molecule has 1 heterocycles. The highest BCUT2D eigenvalue weighted by atomic mass is 32.2. The lowest BCUT2D eigenvalue weighted by atomic mass is 10.2. The van der Waals surface area contributed by atoms with Crippen molar-refractivity contribution in [1.29, 1.82) is 0 Å². The Morgan fingerprint density at radius 1 is 1.29 bits per heavy atom. The maximum absolute atomic E-state index is 12.5. The number of hydrogen-bond acceptors (Lipinski definition) is 4. The Labute approximate surface area is 124 Å². The molecule has 0 spiro atoms. The lowest BCUT2D eigenvalue weighted by molar-refractivity contribution is 0.0660. The van der Waals surface area contributed by atoms with Gasteiger partial charge in [0.05, 0.1) is 6.04 Å². The van der Waals surface area contributed by atoms with Crippen LogP contribution in [0.3, 0.4) is 0 Å². The average Bonchev–Trinajstić information content (AvgIpc) is 2.90. The molecule has 1 aromatic carbocycles. The molecule has 0 bridgehead atoms. The SMILES string of the molecule is CC(Nc1ccccc1SC(F)F)c1ccc(C(=O)O)o1. The molecule has 1 atom stereocenters. The second-order valence-corrected chi connectivity index (χ2v) is 5.28. The largest absolute Gasteiger partial charge is 0.475 e. The first-order chi connectivity index (χ1) is 9.97. The Morgan fingerprint density at radius 3 is 2.62 bits per heavy atom. The van der Waals surface area contributed by atoms with E-state index in [0.29, 0.717) is 28.1 Å². The zero-order valence-corrected chi connectivity index (χ0v) is 11.9. The molecule has 21 heavy (non-hydrogen) atoms. The van der Waals surface area contributed by atoms with E-state index in [9.17, 15) is 13.6 Å². The van der Waals surface area contributed by atoms with Gasteiger partial charge in [0.15, 0.2) is 0 Å². The quantitative estimate of drug-likeness (QED) is 0.771. The second kappa shape index (κ2) is 6.62. The number of thioether (sulfide) groups is 1. The van der Waals surface area contributed by atoms with Crippen LogP contribution in [-0.2, 0) is 0 Å². The van der Waals surface area contributed by atoms with Crippen molar-refractivity contribution in [2.45, 2.75) is 23.6 Å². The van der Waals surface area contributed by atoms with Gasteiger partial charge in [0, 0.05) is 10.6 Å². The molecule has 0 aliphatic heterocycles. The molecule has 2 N–H and O–H groups in total. The van der Waals surface area contributed by atoms with Crippen molar-refractivity contribution in [2.75, 3.05) is 5.32 Å². The molecule has 0 aliphatic rings. The van der Waals surface area contributed by atoms with Gasteiger partial charge in [0.25, 0.3) is 5.76 Å². The number of halogens is 2. The fourth-order valence-corrected chi connectivity index (χ4v) is 2.39. The third-order valence-corrected chi connectivity index (χ3v) is 3.53. The predicted molar refractivity (Wildman–Crippen MR) is 76.0 cm³/mol. The minimum atomic E-state index is -2.51. The van der Waals surface area contributed by atoms with Crippen molar-refractivity contribution in [2.24, 2.45) is 0 Å². The van der Waals surface area contributed by atoms with Crippen LogP contribution in [0.2, 0.25) is 0 Å². The van der Waals surface area contributed by atoms with Gasteiger partial charge in [-0.2, -0.15) is 8.78 Å². The first-order valence-corrected chi connectivity index (χ1v) is 6.98. The van der Waals surface area contributed by atoms with Gasteiger partial charge in [-0.25, -0.2) is 4.79 Å². The van der Waals surface area contributed by atoms with Gasteiger partial charge in [-0.1, -0.05) is 23.9 Å². The van der Waals surface area contributed by atoms with Crippen LogP contribution in [0.4, 0.5) is 14.5 Å². The summed E-state index contributed by atoms with van der Waals surface area (Å²) in [6.07, 6.45) is 0. The second-order valence-electron chi connectivity index (χ2n) is 4.25. The van der Waals surface area contributed by atoms with Crippen LogP contribution in [0.5, 0.6) is 0 Å². The number of carboxylic acids is 1. The van der Waals surface area contributed by atoms with Gasteiger partial charge in [0.2, 0.25) is 5.76 Å². The summed E-state index contributed by atoms with van der Waals surface area (Å²) >= 11 is 0.452. The lowest BCUT2D eigenvalue weighted by Crippen LogP contribution is -2.06. The fourth-order valence-electron chi connectivity index (χ4n) is 1.79. The summed E-state index contributed by atoms with van der Waals surface area (Å²) in [5.74, 6) is -3.40. The molecule has 0 radical (unpaired) electrons. The van der Waals surface area contributed by atoms with Crippen LogP contribution < -0.4 is 5.32 Å². The van der Waals surface area contributed by atoms with E-state index in [0.717, 1.165) is 0 Å².